The first-order chi connectivity index (χ1) is 19.5. The molecule has 5 rings (SSSR count). The van der Waals surface area contributed by atoms with Gasteiger partial charge in [-0.05, 0) is 86.2 Å². The quantitative estimate of drug-likeness (QED) is 0.230. The largest absolute Gasteiger partial charge is 0.494 e. The van der Waals surface area contributed by atoms with Gasteiger partial charge in [-0.15, -0.1) is 0 Å². The summed E-state index contributed by atoms with van der Waals surface area (Å²) in [7, 11) is 1.60. The van der Waals surface area contributed by atoms with E-state index in [0.29, 0.717) is 21.6 Å². The summed E-state index contributed by atoms with van der Waals surface area (Å²) in [6.07, 6.45) is 1.80. The third-order valence-corrected chi connectivity index (χ3v) is 7.93. The molecule has 0 radical (unpaired) electrons. The highest BCUT2D eigenvalue weighted by molar-refractivity contribution is 7.80. The van der Waals surface area contributed by atoms with Crippen LogP contribution in [0, 0.1) is 19.3 Å². The number of aryl methyl sites for hydroxylation is 1. The van der Waals surface area contributed by atoms with Gasteiger partial charge in [-0.25, -0.2) is 0 Å². The fourth-order valence-electron chi connectivity index (χ4n) is 5.27. The second-order valence-electron chi connectivity index (χ2n) is 11.2. The normalized spacial score (nSPS) is 17.0. The van der Waals surface area contributed by atoms with E-state index in [1.54, 1.807) is 13.3 Å². The van der Waals surface area contributed by atoms with E-state index < -0.39 is 5.41 Å². The summed E-state index contributed by atoms with van der Waals surface area (Å²) in [6, 6.07) is 21.3. The SMILES string of the molecule is COc1cc(N2C(=S)N[C@H](c3ccccn3)[C@H]2c2cc(C)n(-c3ccc(Cl)cc3)c2C)ccc1NC(=O)C(C)(C)C. The van der Waals surface area contributed by atoms with Crippen molar-refractivity contribution in [2.45, 2.75) is 46.7 Å². The molecule has 4 aromatic rings. The zero-order chi connectivity index (χ0) is 29.5. The Balaban J connectivity index is 1.62. The van der Waals surface area contributed by atoms with Crippen LogP contribution in [0.1, 0.15) is 55.5 Å². The van der Waals surface area contributed by atoms with Gasteiger partial charge in [0.05, 0.1) is 30.6 Å². The Kier molecular flexibility index (Phi) is 7.81. The molecule has 0 spiro atoms. The van der Waals surface area contributed by atoms with Crippen molar-refractivity contribution in [3.05, 3.63) is 101 Å². The Labute approximate surface area is 251 Å². The zero-order valence-corrected chi connectivity index (χ0v) is 25.6. The summed E-state index contributed by atoms with van der Waals surface area (Å²) in [5, 5.41) is 7.80. The van der Waals surface area contributed by atoms with E-state index in [1.807, 2.05) is 81.4 Å². The lowest BCUT2D eigenvalue weighted by atomic mass is 9.95. The van der Waals surface area contributed by atoms with Crippen molar-refractivity contribution >= 4 is 46.2 Å². The van der Waals surface area contributed by atoms with Crippen LogP contribution in [-0.4, -0.2) is 27.7 Å². The number of aromatic nitrogens is 2. The number of halogens is 1. The zero-order valence-electron chi connectivity index (χ0n) is 24.0. The number of rotatable bonds is 6. The van der Waals surface area contributed by atoms with Gasteiger partial charge < -0.3 is 24.8 Å². The van der Waals surface area contributed by atoms with Crippen LogP contribution in [0.5, 0.6) is 5.75 Å². The Morgan fingerprint density at radius 3 is 2.39 bits per heavy atom. The lowest BCUT2D eigenvalue weighted by Gasteiger charge is -2.29. The third kappa shape index (κ3) is 5.54. The van der Waals surface area contributed by atoms with Crippen LogP contribution in [0.3, 0.4) is 0 Å². The van der Waals surface area contributed by atoms with Gasteiger partial charge in [0.1, 0.15) is 5.75 Å². The van der Waals surface area contributed by atoms with Gasteiger partial charge in [-0.3, -0.25) is 9.78 Å². The van der Waals surface area contributed by atoms with Crippen molar-refractivity contribution in [1.29, 1.82) is 0 Å². The molecule has 2 N–H and O–H groups in total. The van der Waals surface area contributed by atoms with Crippen molar-refractivity contribution in [3.63, 3.8) is 0 Å². The predicted molar refractivity (Wildman–Crippen MR) is 169 cm³/mol. The van der Waals surface area contributed by atoms with E-state index in [9.17, 15) is 4.79 Å². The molecule has 212 valence electrons. The van der Waals surface area contributed by atoms with E-state index in [4.69, 9.17) is 28.6 Å². The lowest BCUT2D eigenvalue weighted by molar-refractivity contribution is -0.123. The van der Waals surface area contributed by atoms with Crippen LogP contribution in [0.25, 0.3) is 5.69 Å². The molecule has 1 saturated heterocycles. The molecule has 2 aromatic heterocycles. The maximum absolute atomic E-state index is 12.7. The number of nitrogens with zero attached hydrogens (tertiary/aromatic N) is 3. The molecule has 2 atom stereocenters. The molecule has 1 aliphatic heterocycles. The topological polar surface area (TPSA) is 71.4 Å². The number of ether oxygens (including phenoxy) is 1. The maximum Gasteiger partial charge on any atom is 0.229 e. The highest BCUT2D eigenvalue weighted by Crippen LogP contribution is 2.45. The number of thiocarbonyl (C=S) groups is 1. The van der Waals surface area contributed by atoms with Crippen LogP contribution >= 0.6 is 23.8 Å². The first-order valence-electron chi connectivity index (χ1n) is 13.4. The van der Waals surface area contributed by atoms with Gasteiger partial charge in [0, 0.05) is 45.5 Å². The van der Waals surface area contributed by atoms with Crippen LogP contribution in [0.15, 0.2) is 72.9 Å². The number of nitrogens with one attached hydrogen (secondary N) is 2. The van der Waals surface area contributed by atoms with Crippen molar-refractivity contribution < 1.29 is 9.53 Å². The third-order valence-electron chi connectivity index (χ3n) is 7.36. The number of hydrogen-bond acceptors (Lipinski definition) is 4. The van der Waals surface area contributed by atoms with Gasteiger partial charge >= 0.3 is 0 Å². The molecule has 9 heteroatoms. The Hall–Kier alpha value is -3.88. The molecule has 3 heterocycles. The van der Waals surface area contributed by atoms with Crippen molar-refractivity contribution in [2.75, 3.05) is 17.3 Å². The highest BCUT2D eigenvalue weighted by Gasteiger charge is 2.42. The summed E-state index contributed by atoms with van der Waals surface area (Å²) in [5.74, 6) is 0.458. The van der Waals surface area contributed by atoms with Crippen LogP contribution in [0.2, 0.25) is 5.02 Å². The smallest absolute Gasteiger partial charge is 0.229 e. The van der Waals surface area contributed by atoms with Gasteiger partial charge in [0.15, 0.2) is 5.11 Å². The molecule has 41 heavy (non-hydrogen) atoms. The van der Waals surface area contributed by atoms with E-state index in [-0.39, 0.29) is 18.0 Å². The van der Waals surface area contributed by atoms with Gasteiger partial charge in [-0.1, -0.05) is 38.4 Å². The molecule has 0 bridgehead atoms. The highest BCUT2D eigenvalue weighted by atomic mass is 35.5. The molecule has 2 aromatic carbocycles. The fourth-order valence-corrected chi connectivity index (χ4v) is 5.74. The number of carbonyl (C=O) groups excluding carboxylic acids is 1. The number of amides is 1. The Bertz CT molecular complexity index is 1600. The number of anilines is 2. The number of methoxy groups -OCH3 is 1. The van der Waals surface area contributed by atoms with E-state index in [0.717, 1.165) is 34.0 Å². The van der Waals surface area contributed by atoms with Crippen LogP contribution in [-0.2, 0) is 4.79 Å². The molecule has 0 aliphatic carbocycles. The minimum atomic E-state index is -0.544. The average Bonchev–Trinajstić information content (AvgIpc) is 3.44. The summed E-state index contributed by atoms with van der Waals surface area (Å²) in [5.41, 5.74) is 6.12. The Morgan fingerprint density at radius 2 is 1.76 bits per heavy atom. The predicted octanol–water partition coefficient (Wildman–Crippen LogP) is 7.31. The second-order valence-corrected chi connectivity index (χ2v) is 12.0. The number of benzene rings is 2. The van der Waals surface area contributed by atoms with E-state index >= 15 is 0 Å². The first kappa shape index (κ1) is 28.6. The fraction of sp³-hybridized carbons (Fsp3) is 0.281. The molecule has 1 aliphatic rings. The molecular weight excluding hydrogens is 554 g/mol. The molecule has 7 nitrogen and oxygen atoms in total. The molecule has 0 saturated carbocycles. The van der Waals surface area contributed by atoms with Crippen molar-refractivity contribution in [1.82, 2.24) is 14.9 Å². The van der Waals surface area contributed by atoms with E-state index in [1.165, 1.54) is 0 Å². The van der Waals surface area contributed by atoms with Gasteiger partial charge in [0.25, 0.3) is 0 Å². The van der Waals surface area contributed by atoms with Crippen LogP contribution < -0.4 is 20.3 Å². The molecule has 1 fully saturated rings. The van der Waals surface area contributed by atoms with Gasteiger partial charge in [-0.2, -0.15) is 0 Å². The number of pyridine rings is 1. The summed E-state index contributed by atoms with van der Waals surface area (Å²) >= 11 is 12.1. The summed E-state index contributed by atoms with van der Waals surface area (Å²) < 4.78 is 7.96. The summed E-state index contributed by atoms with van der Waals surface area (Å²) in [4.78, 5) is 19.5. The van der Waals surface area contributed by atoms with Crippen LogP contribution in [0.4, 0.5) is 11.4 Å². The molecule has 1 amide bonds. The molecular formula is C32H34ClN5O2S. The van der Waals surface area contributed by atoms with E-state index in [2.05, 4.69) is 45.0 Å². The first-order valence-corrected chi connectivity index (χ1v) is 14.2. The second kappa shape index (κ2) is 11.2. The number of hydrogen-bond donors (Lipinski definition) is 2. The minimum absolute atomic E-state index is 0.0929. The number of carbonyl (C=O) groups is 1. The molecule has 0 unspecified atom stereocenters. The average molecular weight is 588 g/mol. The monoisotopic (exact) mass is 587 g/mol. The maximum atomic E-state index is 12.7. The Morgan fingerprint density at radius 1 is 1.05 bits per heavy atom. The van der Waals surface area contributed by atoms with Gasteiger partial charge in [0.2, 0.25) is 5.91 Å². The standard InChI is InChI=1S/C32H34ClN5O2S/c1-19-17-24(20(2)37(19)22-12-10-21(33)11-13-22)29-28(26-9-7-8-16-34-26)36-31(41)38(29)23-14-15-25(27(18-23)40-6)35-30(39)32(3,4)5/h7-18,28-29H,1-6H3,(H,35,39)(H,36,41)/t28-,29-/m1/s1. The van der Waals surface area contributed by atoms with Crippen molar-refractivity contribution in [2.24, 2.45) is 5.41 Å². The lowest BCUT2D eigenvalue weighted by Crippen LogP contribution is -2.30. The minimum Gasteiger partial charge on any atom is -0.494 e. The summed E-state index contributed by atoms with van der Waals surface area (Å²) in [6.45, 7) is 9.85. The van der Waals surface area contributed by atoms with Crippen molar-refractivity contribution in [3.8, 4) is 11.4 Å².